The molecule has 0 aromatic heterocycles. The predicted octanol–water partition coefficient (Wildman–Crippen LogP) is 22.4. The van der Waals surface area contributed by atoms with E-state index < -0.39 is 6.10 Å². The van der Waals surface area contributed by atoms with Crippen LogP contribution in [0, 0.1) is 0 Å². The zero-order valence-electron chi connectivity index (χ0n) is 50.7. The highest BCUT2D eigenvalue weighted by atomic mass is 16.6. The SMILES string of the molecule is CC/C=C\C/C=C\C/C=C\C/C=C\C/C=C\C/C=C\C/C=C\CCCCCCCCCCCCCC(=O)OCC(COC(=O)CCCCCCC/C=C\CCCC)OC(=O)CCCCCCCCCCCCCCCCC. The summed E-state index contributed by atoms with van der Waals surface area (Å²) < 4.78 is 16.9. The van der Waals surface area contributed by atoms with E-state index in [2.05, 4.69) is 118 Å². The Labute approximate surface area is 477 Å². The summed E-state index contributed by atoms with van der Waals surface area (Å²) in [6.45, 7) is 6.51. The summed E-state index contributed by atoms with van der Waals surface area (Å²) >= 11 is 0. The van der Waals surface area contributed by atoms with Crippen LogP contribution < -0.4 is 0 Å². The van der Waals surface area contributed by atoms with Crippen LogP contribution in [0.25, 0.3) is 0 Å². The van der Waals surface area contributed by atoms with Crippen LogP contribution in [0.15, 0.2) is 97.2 Å². The van der Waals surface area contributed by atoms with E-state index in [-0.39, 0.29) is 31.1 Å². The molecule has 0 bridgehead atoms. The van der Waals surface area contributed by atoms with Gasteiger partial charge in [0.1, 0.15) is 13.2 Å². The van der Waals surface area contributed by atoms with Gasteiger partial charge in [-0.25, -0.2) is 0 Å². The molecule has 0 radical (unpaired) electrons. The van der Waals surface area contributed by atoms with Crippen molar-refractivity contribution in [2.45, 2.75) is 322 Å². The zero-order valence-corrected chi connectivity index (χ0v) is 50.7. The molecule has 1 atom stereocenters. The Morgan fingerprint density at radius 2 is 0.519 bits per heavy atom. The summed E-state index contributed by atoms with van der Waals surface area (Å²) in [7, 11) is 0. The summed E-state index contributed by atoms with van der Waals surface area (Å²) in [5, 5.41) is 0. The van der Waals surface area contributed by atoms with Gasteiger partial charge in [0, 0.05) is 19.3 Å². The Morgan fingerprint density at radius 3 is 0.844 bits per heavy atom. The molecule has 0 aromatic rings. The van der Waals surface area contributed by atoms with Crippen molar-refractivity contribution in [1.29, 1.82) is 0 Å². The highest BCUT2D eigenvalue weighted by Crippen LogP contribution is 2.17. The highest BCUT2D eigenvalue weighted by Gasteiger charge is 2.19. The molecule has 0 saturated heterocycles. The van der Waals surface area contributed by atoms with Gasteiger partial charge in [-0.3, -0.25) is 14.4 Å². The average molecular weight is 1070 g/mol. The fraction of sp³-hybridized carbons (Fsp3) is 0.732. The lowest BCUT2D eigenvalue weighted by atomic mass is 10.0. The number of allylic oxidation sites excluding steroid dienone is 16. The number of hydrogen-bond acceptors (Lipinski definition) is 6. The molecule has 0 aliphatic heterocycles. The van der Waals surface area contributed by atoms with Crippen LogP contribution in [0.3, 0.4) is 0 Å². The van der Waals surface area contributed by atoms with Crippen molar-refractivity contribution in [1.82, 2.24) is 0 Å². The topological polar surface area (TPSA) is 78.9 Å². The standard InChI is InChI=1S/C71H122O6/c1-4-7-10-13-16-19-22-24-26-27-28-29-30-31-32-33-34-35-36-37-38-39-40-41-42-43-45-46-49-52-55-58-61-64-70(73)76-67-68(66-75-69(72)63-60-57-54-51-48-21-18-15-12-9-6-3)77-71(74)65-62-59-56-53-50-47-44-25-23-20-17-14-11-8-5-2/h7,10,15-16,18-19,24,26,28-29,31-32,34-35,37-38,68H,4-6,8-9,11-14,17,20-23,25,27,30,33,36,39-67H2,1-3H3/b10-7-,18-15-,19-16-,26-24-,29-28-,32-31-,35-34-,38-37-. The van der Waals surface area contributed by atoms with Crippen LogP contribution in [-0.4, -0.2) is 37.2 Å². The van der Waals surface area contributed by atoms with Gasteiger partial charge in [-0.1, -0.05) is 298 Å². The van der Waals surface area contributed by atoms with Gasteiger partial charge >= 0.3 is 17.9 Å². The van der Waals surface area contributed by atoms with Crippen LogP contribution in [0.4, 0.5) is 0 Å². The minimum absolute atomic E-state index is 0.0780. The van der Waals surface area contributed by atoms with Crippen LogP contribution in [-0.2, 0) is 28.6 Å². The van der Waals surface area contributed by atoms with Gasteiger partial charge in [0.15, 0.2) is 6.10 Å². The van der Waals surface area contributed by atoms with Crippen LogP contribution in [0.1, 0.15) is 316 Å². The Bertz CT molecular complexity index is 1510. The Balaban J connectivity index is 4.17. The van der Waals surface area contributed by atoms with Gasteiger partial charge < -0.3 is 14.2 Å². The number of rotatable bonds is 59. The number of carbonyl (C=O) groups excluding carboxylic acids is 3. The summed E-state index contributed by atoms with van der Waals surface area (Å²) in [5.41, 5.74) is 0. The molecule has 6 nitrogen and oxygen atoms in total. The molecule has 77 heavy (non-hydrogen) atoms. The van der Waals surface area contributed by atoms with E-state index in [4.69, 9.17) is 14.2 Å². The molecule has 0 aromatic carbocycles. The summed E-state index contributed by atoms with van der Waals surface area (Å²) in [5.74, 6) is -0.879. The molecular formula is C71H122O6. The third-order valence-corrected chi connectivity index (χ3v) is 14.1. The minimum Gasteiger partial charge on any atom is -0.462 e. The van der Waals surface area contributed by atoms with Crippen LogP contribution in [0.5, 0.6) is 0 Å². The van der Waals surface area contributed by atoms with Crippen molar-refractivity contribution >= 4 is 17.9 Å². The Hall–Kier alpha value is -3.67. The lowest BCUT2D eigenvalue weighted by Crippen LogP contribution is -2.30. The molecule has 0 rings (SSSR count). The number of hydrogen-bond donors (Lipinski definition) is 0. The fourth-order valence-electron chi connectivity index (χ4n) is 9.17. The Morgan fingerprint density at radius 1 is 0.273 bits per heavy atom. The second-order valence-corrected chi connectivity index (χ2v) is 21.6. The zero-order chi connectivity index (χ0) is 55.7. The maximum Gasteiger partial charge on any atom is 0.306 e. The number of unbranched alkanes of at least 4 members (excludes halogenated alkanes) is 32. The largest absolute Gasteiger partial charge is 0.462 e. The van der Waals surface area contributed by atoms with Gasteiger partial charge in [0.2, 0.25) is 0 Å². The quantitative estimate of drug-likeness (QED) is 0.0261. The molecule has 0 heterocycles. The van der Waals surface area contributed by atoms with E-state index in [0.717, 1.165) is 109 Å². The van der Waals surface area contributed by atoms with Crippen molar-refractivity contribution in [3.05, 3.63) is 97.2 Å². The molecule has 442 valence electrons. The number of esters is 3. The molecule has 0 aliphatic carbocycles. The molecule has 0 amide bonds. The van der Waals surface area contributed by atoms with Crippen molar-refractivity contribution in [3.8, 4) is 0 Å². The molecule has 0 aliphatic rings. The minimum atomic E-state index is -0.779. The lowest BCUT2D eigenvalue weighted by molar-refractivity contribution is -0.167. The van der Waals surface area contributed by atoms with E-state index in [9.17, 15) is 14.4 Å². The molecular weight excluding hydrogens is 949 g/mol. The van der Waals surface area contributed by atoms with Gasteiger partial charge in [0.05, 0.1) is 0 Å². The van der Waals surface area contributed by atoms with Crippen LogP contribution in [0.2, 0.25) is 0 Å². The van der Waals surface area contributed by atoms with Gasteiger partial charge in [-0.2, -0.15) is 0 Å². The van der Waals surface area contributed by atoms with Gasteiger partial charge in [-0.05, 0) is 96.3 Å². The van der Waals surface area contributed by atoms with Crippen LogP contribution >= 0.6 is 0 Å². The Kier molecular flexibility index (Phi) is 61.8. The molecule has 0 saturated carbocycles. The maximum absolute atomic E-state index is 12.9. The van der Waals surface area contributed by atoms with Gasteiger partial charge in [-0.15, -0.1) is 0 Å². The van der Waals surface area contributed by atoms with Crippen molar-refractivity contribution in [2.75, 3.05) is 13.2 Å². The maximum atomic E-state index is 12.9. The second-order valence-electron chi connectivity index (χ2n) is 21.6. The number of ether oxygens (including phenoxy) is 3. The predicted molar refractivity (Wildman–Crippen MR) is 334 cm³/mol. The number of carbonyl (C=O) groups is 3. The van der Waals surface area contributed by atoms with E-state index >= 15 is 0 Å². The smallest absolute Gasteiger partial charge is 0.306 e. The third-order valence-electron chi connectivity index (χ3n) is 14.1. The highest BCUT2D eigenvalue weighted by molar-refractivity contribution is 5.71. The first kappa shape index (κ1) is 73.3. The lowest BCUT2D eigenvalue weighted by Gasteiger charge is -2.18. The average Bonchev–Trinajstić information content (AvgIpc) is 3.43. The molecule has 0 fully saturated rings. The van der Waals surface area contributed by atoms with Gasteiger partial charge in [0.25, 0.3) is 0 Å². The van der Waals surface area contributed by atoms with E-state index in [1.165, 1.54) is 167 Å². The molecule has 1 unspecified atom stereocenters. The molecule has 6 heteroatoms. The first-order chi connectivity index (χ1) is 38.0. The third kappa shape index (κ3) is 63.0. The summed E-state index contributed by atoms with van der Waals surface area (Å²) in [6.07, 6.45) is 87.1. The van der Waals surface area contributed by atoms with Crippen molar-refractivity contribution in [3.63, 3.8) is 0 Å². The normalized spacial score (nSPS) is 12.7. The first-order valence-corrected chi connectivity index (χ1v) is 32.7. The summed E-state index contributed by atoms with van der Waals surface area (Å²) in [4.78, 5) is 38.2. The first-order valence-electron chi connectivity index (χ1n) is 32.7. The molecule has 0 N–H and O–H groups in total. The van der Waals surface area contributed by atoms with E-state index in [0.29, 0.717) is 19.3 Å². The second kappa shape index (κ2) is 64.9. The fourth-order valence-corrected chi connectivity index (χ4v) is 9.17. The monoisotopic (exact) mass is 1070 g/mol. The van der Waals surface area contributed by atoms with Crippen molar-refractivity contribution in [2.24, 2.45) is 0 Å². The van der Waals surface area contributed by atoms with E-state index in [1.54, 1.807) is 0 Å². The summed E-state index contributed by atoms with van der Waals surface area (Å²) in [6, 6.07) is 0. The van der Waals surface area contributed by atoms with Crippen molar-refractivity contribution < 1.29 is 28.6 Å². The molecule has 0 spiro atoms. The van der Waals surface area contributed by atoms with E-state index in [1.807, 2.05) is 0 Å².